The Bertz CT molecular complexity index is 587. The standard InChI is InChI=1S/C15H14Cl2FNO/c1-9(19)15(10-2-4-11(16)5-3-10)20-12-6-7-14(18)13(17)8-12/h2-9,15H,19H2,1H3. The first-order chi connectivity index (χ1) is 9.47. The van der Waals surface area contributed by atoms with Crippen molar-refractivity contribution in [2.45, 2.75) is 19.1 Å². The van der Waals surface area contributed by atoms with Crippen LogP contribution in [0.4, 0.5) is 4.39 Å². The molecule has 0 aliphatic carbocycles. The summed E-state index contributed by atoms with van der Waals surface area (Å²) in [7, 11) is 0. The van der Waals surface area contributed by atoms with E-state index < -0.39 is 5.82 Å². The molecule has 0 fully saturated rings. The summed E-state index contributed by atoms with van der Waals surface area (Å²) in [5.74, 6) is -0.0171. The van der Waals surface area contributed by atoms with E-state index in [1.807, 2.05) is 19.1 Å². The Kier molecular flexibility index (Phi) is 4.86. The first kappa shape index (κ1) is 15.1. The molecule has 0 bridgehead atoms. The number of hydrogen-bond acceptors (Lipinski definition) is 2. The van der Waals surface area contributed by atoms with Gasteiger partial charge in [-0.25, -0.2) is 4.39 Å². The van der Waals surface area contributed by atoms with Crippen molar-refractivity contribution in [1.29, 1.82) is 0 Å². The second-order valence-electron chi connectivity index (χ2n) is 4.53. The molecule has 2 rings (SSSR count). The Morgan fingerprint density at radius 2 is 1.75 bits per heavy atom. The van der Waals surface area contributed by atoms with Gasteiger partial charge in [-0.1, -0.05) is 35.3 Å². The summed E-state index contributed by atoms with van der Waals surface area (Å²) in [4.78, 5) is 0. The Morgan fingerprint density at radius 1 is 1.10 bits per heavy atom. The highest BCUT2D eigenvalue weighted by atomic mass is 35.5. The van der Waals surface area contributed by atoms with E-state index in [2.05, 4.69) is 0 Å². The average molecular weight is 314 g/mol. The molecule has 2 N–H and O–H groups in total. The summed E-state index contributed by atoms with van der Waals surface area (Å²) in [6, 6.07) is 11.2. The molecule has 0 radical (unpaired) electrons. The van der Waals surface area contributed by atoms with Crippen LogP contribution in [0.15, 0.2) is 42.5 Å². The fourth-order valence-electron chi connectivity index (χ4n) is 1.83. The normalized spacial score (nSPS) is 13.8. The molecule has 106 valence electrons. The van der Waals surface area contributed by atoms with Gasteiger partial charge in [0.2, 0.25) is 0 Å². The van der Waals surface area contributed by atoms with Gasteiger partial charge in [0.1, 0.15) is 17.7 Å². The van der Waals surface area contributed by atoms with Crippen molar-refractivity contribution in [3.8, 4) is 5.75 Å². The van der Waals surface area contributed by atoms with Crippen LogP contribution in [0.3, 0.4) is 0 Å². The quantitative estimate of drug-likeness (QED) is 0.895. The molecule has 0 aromatic heterocycles. The predicted octanol–water partition coefficient (Wildman–Crippen LogP) is 4.60. The zero-order chi connectivity index (χ0) is 14.7. The van der Waals surface area contributed by atoms with Crippen molar-refractivity contribution in [3.05, 3.63) is 63.9 Å². The highest BCUT2D eigenvalue weighted by Crippen LogP contribution is 2.28. The minimum Gasteiger partial charge on any atom is -0.484 e. The summed E-state index contributed by atoms with van der Waals surface area (Å²) in [6.45, 7) is 1.84. The van der Waals surface area contributed by atoms with Crippen LogP contribution >= 0.6 is 23.2 Å². The lowest BCUT2D eigenvalue weighted by molar-refractivity contribution is 0.180. The van der Waals surface area contributed by atoms with Gasteiger partial charge in [-0.2, -0.15) is 0 Å². The van der Waals surface area contributed by atoms with Crippen molar-refractivity contribution in [1.82, 2.24) is 0 Å². The SMILES string of the molecule is CC(N)C(Oc1ccc(F)c(Cl)c1)c1ccc(Cl)cc1. The highest BCUT2D eigenvalue weighted by molar-refractivity contribution is 6.31. The topological polar surface area (TPSA) is 35.2 Å². The highest BCUT2D eigenvalue weighted by Gasteiger charge is 2.18. The largest absolute Gasteiger partial charge is 0.484 e. The van der Waals surface area contributed by atoms with E-state index in [0.717, 1.165) is 5.56 Å². The third-order valence-electron chi connectivity index (χ3n) is 2.83. The average Bonchev–Trinajstić information content (AvgIpc) is 2.41. The zero-order valence-electron chi connectivity index (χ0n) is 10.8. The Labute approximate surface area is 127 Å². The first-order valence-corrected chi connectivity index (χ1v) is 6.85. The van der Waals surface area contributed by atoms with Crippen LogP contribution in [-0.2, 0) is 0 Å². The minimum absolute atomic E-state index is 0.0158. The van der Waals surface area contributed by atoms with E-state index in [1.165, 1.54) is 18.2 Å². The maximum Gasteiger partial charge on any atom is 0.142 e. The zero-order valence-corrected chi connectivity index (χ0v) is 12.3. The maximum atomic E-state index is 13.1. The molecule has 5 heteroatoms. The third kappa shape index (κ3) is 3.63. The summed E-state index contributed by atoms with van der Waals surface area (Å²) < 4.78 is 19.0. The number of benzene rings is 2. The van der Waals surface area contributed by atoms with Crippen LogP contribution in [0.1, 0.15) is 18.6 Å². The monoisotopic (exact) mass is 313 g/mol. The van der Waals surface area contributed by atoms with Crippen molar-refractivity contribution >= 4 is 23.2 Å². The molecule has 0 spiro atoms. The molecule has 0 heterocycles. The Morgan fingerprint density at radius 3 is 2.30 bits per heavy atom. The van der Waals surface area contributed by atoms with Crippen LogP contribution in [-0.4, -0.2) is 6.04 Å². The summed E-state index contributed by atoms with van der Waals surface area (Å²) in [5.41, 5.74) is 6.85. The molecule has 0 aliphatic rings. The summed E-state index contributed by atoms with van der Waals surface area (Å²) in [5, 5.41) is 0.657. The third-order valence-corrected chi connectivity index (χ3v) is 3.37. The van der Waals surface area contributed by atoms with Crippen molar-refractivity contribution in [2.24, 2.45) is 5.73 Å². The lowest BCUT2D eigenvalue weighted by Crippen LogP contribution is -2.29. The summed E-state index contributed by atoms with van der Waals surface area (Å²) in [6.07, 6.45) is -0.367. The smallest absolute Gasteiger partial charge is 0.142 e. The molecule has 0 aliphatic heterocycles. The molecular weight excluding hydrogens is 300 g/mol. The van der Waals surface area contributed by atoms with Gasteiger partial charge < -0.3 is 10.5 Å². The van der Waals surface area contributed by atoms with Crippen LogP contribution in [0.5, 0.6) is 5.75 Å². The van der Waals surface area contributed by atoms with E-state index in [4.69, 9.17) is 33.7 Å². The Balaban J connectivity index is 2.25. The van der Waals surface area contributed by atoms with Gasteiger partial charge in [0.15, 0.2) is 0 Å². The second kappa shape index (κ2) is 6.44. The van der Waals surface area contributed by atoms with Crippen LogP contribution in [0.2, 0.25) is 10.0 Å². The molecule has 2 unspecified atom stereocenters. The van der Waals surface area contributed by atoms with Gasteiger partial charge >= 0.3 is 0 Å². The van der Waals surface area contributed by atoms with Crippen LogP contribution in [0, 0.1) is 5.82 Å². The van der Waals surface area contributed by atoms with Gasteiger partial charge in [0.05, 0.1) is 5.02 Å². The van der Waals surface area contributed by atoms with Gasteiger partial charge in [0.25, 0.3) is 0 Å². The molecular formula is C15H14Cl2FNO. The molecule has 0 saturated carbocycles. The number of hydrogen-bond donors (Lipinski definition) is 1. The minimum atomic E-state index is -0.483. The number of ether oxygens (including phenoxy) is 1. The fourth-order valence-corrected chi connectivity index (χ4v) is 2.12. The van der Waals surface area contributed by atoms with Crippen molar-refractivity contribution < 1.29 is 9.13 Å². The number of rotatable bonds is 4. The molecule has 20 heavy (non-hydrogen) atoms. The number of nitrogens with two attached hydrogens (primary N) is 1. The van der Waals surface area contributed by atoms with E-state index in [0.29, 0.717) is 10.8 Å². The van der Waals surface area contributed by atoms with E-state index in [-0.39, 0.29) is 17.2 Å². The molecule has 0 saturated heterocycles. The van der Waals surface area contributed by atoms with Crippen LogP contribution in [0.25, 0.3) is 0 Å². The maximum absolute atomic E-state index is 13.1. The van der Waals surface area contributed by atoms with E-state index >= 15 is 0 Å². The predicted molar refractivity (Wildman–Crippen MR) is 79.9 cm³/mol. The lowest BCUT2D eigenvalue weighted by atomic mass is 10.0. The van der Waals surface area contributed by atoms with Gasteiger partial charge in [0, 0.05) is 17.1 Å². The molecule has 2 aromatic carbocycles. The molecule has 0 amide bonds. The van der Waals surface area contributed by atoms with Gasteiger partial charge in [-0.05, 0) is 36.8 Å². The number of halogens is 3. The van der Waals surface area contributed by atoms with Gasteiger partial charge in [-0.3, -0.25) is 0 Å². The van der Waals surface area contributed by atoms with E-state index in [1.54, 1.807) is 12.1 Å². The van der Waals surface area contributed by atoms with Crippen molar-refractivity contribution in [3.63, 3.8) is 0 Å². The summed E-state index contributed by atoms with van der Waals surface area (Å²) >= 11 is 11.6. The van der Waals surface area contributed by atoms with Crippen LogP contribution < -0.4 is 10.5 Å². The fraction of sp³-hybridized carbons (Fsp3) is 0.200. The molecule has 2 aromatic rings. The Hall–Kier alpha value is -1.29. The van der Waals surface area contributed by atoms with Gasteiger partial charge in [-0.15, -0.1) is 0 Å². The first-order valence-electron chi connectivity index (χ1n) is 6.10. The molecule has 2 nitrogen and oxygen atoms in total. The van der Waals surface area contributed by atoms with Crippen molar-refractivity contribution in [2.75, 3.05) is 0 Å². The second-order valence-corrected chi connectivity index (χ2v) is 5.37. The lowest BCUT2D eigenvalue weighted by Gasteiger charge is -2.23. The van der Waals surface area contributed by atoms with E-state index in [9.17, 15) is 4.39 Å². The molecule has 2 atom stereocenters.